The molecular weight excluding hydrogens is 519 g/mol. The number of nitrogens with zero attached hydrogens (tertiary/aromatic N) is 1. The number of sulfonamides is 1. The summed E-state index contributed by atoms with van der Waals surface area (Å²) in [7, 11) is -2.32. The largest absolute Gasteiger partial charge is 0.481 e. The second-order valence-corrected chi connectivity index (χ2v) is 9.52. The maximum Gasteiger partial charge on any atom is 0.303 e. The Morgan fingerprint density at radius 3 is 2.65 bits per heavy atom. The maximum absolute atomic E-state index is 13.8. The molecule has 0 aliphatic carbocycles. The number of carbonyl (C=O) groups is 1. The third kappa shape index (κ3) is 6.15. The minimum absolute atomic E-state index is 0.0157. The zero-order valence-electron chi connectivity index (χ0n) is 16.5. The van der Waals surface area contributed by atoms with Crippen LogP contribution in [0.5, 0.6) is 0 Å². The quantitative estimate of drug-likeness (QED) is 0.250. The molecule has 0 amide bonds. The van der Waals surface area contributed by atoms with Crippen molar-refractivity contribution in [1.82, 2.24) is 0 Å². The molecular formula is C19H22BrClFN2O6S+. The first kappa shape index (κ1) is 25.5. The number of halogens is 3. The van der Waals surface area contributed by atoms with Crippen LogP contribution in [0.3, 0.4) is 0 Å². The first-order valence-electron chi connectivity index (χ1n) is 9.10. The molecule has 0 spiro atoms. The van der Waals surface area contributed by atoms with E-state index in [0.29, 0.717) is 30.7 Å². The number of carboxylic acid groups (broad SMARTS) is 1. The Balaban J connectivity index is 0.000000291. The van der Waals surface area contributed by atoms with Gasteiger partial charge in [0.1, 0.15) is 5.82 Å². The summed E-state index contributed by atoms with van der Waals surface area (Å²) in [5, 5.41) is 8.18. The molecule has 1 heterocycles. The maximum atomic E-state index is 13.8. The van der Waals surface area contributed by atoms with Crippen molar-refractivity contribution >= 4 is 49.5 Å². The molecule has 0 fully saturated rings. The number of para-hydroxylation sites is 1. The number of hydrogen-bond donors (Lipinski definition) is 2. The summed E-state index contributed by atoms with van der Waals surface area (Å²) in [4.78, 5) is 13.3. The fourth-order valence-electron chi connectivity index (χ4n) is 2.98. The van der Waals surface area contributed by atoms with E-state index in [-0.39, 0.29) is 21.4 Å². The van der Waals surface area contributed by atoms with Crippen LogP contribution >= 0.6 is 27.8 Å². The van der Waals surface area contributed by atoms with Crippen LogP contribution in [0.1, 0.15) is 36.4 Å². The van der Waals surface area contributed by atoms with Crippen LogP contribution in [0.25, 0.3) is 0 Å². The van der Waals surface area contributed by atoms with E-state index in [2.05, 4.69) is 25.3 Å². The monoisotopic (exact) mass is 539 g/mol. The van der Waals surface area contributed by atoms with Gasteiger partial charge in [0.25, 0.3) is 10.0 Å². The Hall–Kier alpha value is -1.76. The topological polar surface area (TPSA) is 123 Å². The lowest BCUT2D eigenvalue weighted by Gasteiger charge is -2.19. The van der Waals surface area contributed by atoms with Crippen LogP contribution in [0.4, 0.5) is 10.1 Å². The van der Waals surface area contributed by atoms with Gasteiger partial charge < -0.3 is 10.8 Å². The number of aliphatic carboxylic acids is 1. The standard InChI is InChI=1S/C14H12BrFN2O2S.C5H9ClO4/c1-18-12-5-3-2-4-8(12)14(17)9-6-11(16)10(15)7-13(9)21(18,19)20;6-10-9-4-2-1-3-5(7)8/h2-7,14H,17H2,1H3;1-4H2,(H,7,8)/p+1. The molecule has 0 saturated heterocycles. The van der Waals surface area contributed by atoms with E-state index in [0.717, 1.165) is 0 Å². The average molecular weight is 541 g/mol. The minimum Gasteiger partial charge on any atom is -0.481 e. The summed E-state index contributed by atoms with van der Waals surface area (Å²) in [5.74, 6) is -1.33. The molecule has 4 N–H and O–H groups in total. The van der Waals surface area contributed by atoms with Gasteiger partial charge in [-0.1, -0.05) is 18.2 Å². The van der Waals surface area contributed by atoms with Crippen LogP contribution in [0.15, 0.2) is 45.8 Å². The molecule has 0 radical (unpaired) electrons. The number of anilines is 1. The van der Waals surface area contributed by atoms with Gasteiger partial charge in [-0.3, -0.25) is 9.10 Å². The lowest BCUT2D eigenvalue weighted by molar-refractivity contribution is -0.340. The van der Waals surface area contributed by atoms with Crippen LogP contribution in [0.2, 0.25) is 0 Å². The normalized spacial score (nSPS) is 16.4. The Morgan fingerprint density at radius 2 is 2.00 bits per heavy atom. The van der Waals surface area contributed by atoms with Crippen molar-refractivity contribution in [2.45, 2.75) is 30.2 Å². The number of rotatable bonds is 6. The molecule has 12 heteroatoms. The van der Waals surface area contributed by atoms with Crippen LogP contribution in [-0.2, 0) is 19.3 Å². The highest BCUT2D eigenvalue weighted by Crippen LogP contribution is 2.40. The second kappa shape index (κ2) is 11.2. The van der Waals surface area contributed by atoms with Gasteiger partial charge in [-0.15, -0.1) is 0 Å². The first-order chi connectivity index (χ1) is 14.6. The van der Waals surface area contributed by atoms with Crippen LogP contribution < -0.4 is 10.0 Å². The summed E-state index contributed by atoms with van der Waals surface area (Å²) in [6, 6.07) is 8.69. The van der Waals surface area contributed by atoms with Gasteiger partial charge in [0, 0.05) is 24.3 Å². The summed E-state index contributed by atoms with van der Waals surface area (Å²) in [5.41, 5.74) is 7.58. The molecule has 0 bridgehead atoms. The van der Waals surface area contributed by atoms with E-state index < -0.39 is 27.9 Å². The SMILES string of the molecule is CN1c2ccccc2C(N)c2cc(F)c(Br)cc2S1(=O)=O.O=C(O)CCCC[OH+]OCl. The van der Waals surface area contributed by atoms with Crippen molar-refractivity contribution in [3.63, 3.8) is 0 Å². The number of unbranched alkanes of at least 4 members (excludes halogenated alkanes) is 1. The second-order valence-electron chi connectivity index (χ2n) is 6.59. The Kier molecular flexibility index (Phi) is 9.22. The fraction of sp³-hybridized carbons (Fsp3) is 0.316. The third-order valence-corrected chi connectivity index (χ3v) is 7.11. The van der Waals surface area contributed by atoms with Crippen molar-refractivity contribution in [1.29, 1.82) is 0 Å². The average Bonchev–Trinajstić information content (AvgIpc) is 2.79. The van der Waals surface area contributed by atoms with Gasteiger partial charge in [-0.2, -0.15) is 0 Å². The van der Waals surface area contributed by atoms with E-state index in [1.807, 2.05) is 0 Å². The Morgan fingerprint density at radius 1 is 1.32 bits per heavy atom. The highest BCUT2D eigenvalue weighted by atomic mass is 79.9. The molecule has 2 aromatic carbocycles. The summed E-state index contributed by atoms with van der Waals surface area (Å²) < 4.78 is 44.4. The van der Waals surface area contributed by atoms with E-state index in [1.165, 1.54) is 23.5 Å². The van der Waals surface area contributed by atoms with Gasteiger partial charge in [0.05, 0.1) is 21.1 Å². The Labute approximate surface area is 193 Å². The third-order valence-electron chi connectivity index (χ3n) is 4.58. The zero-order valence-corrected chi connectivity index (χ0v) is 19.6. The number of carboxylic acids is 1. The molecule has 1 atom stereocenters. The van der Waals surface area contributed by atoms with Crippen LogP contribution in [-0.4, -0.2) is 38.0 Å². The highest BCUT2D eigenvalue weighted by molar-refractivity contribution is 9.10. The number of hydrogen-bond acceptors (Lipinski definition) is 5. The minimum atomic E-state index is -3.79. The molecule has 1 aliphatic rings. The summed E-state index contributed by atoms with van der Waals surface area (Å²) in [6.45, 7) is 0.455. The van der Waals surface area contributed by atoms with Crippen molar-refractivity contribution in [3.8, 4) is 0 Å². The smallest absolute Gasteiger partial charge is 0.303 e. The van der Waals surface area contributed by atoms with Gasteiger partial charge in [0.15, 0.2) is 18.5 Å². The van der Waals surface area contributed by atoms with Crippen molar-refractivity contribution < 1.29 is 32.0 Å². The Bertz CT molecular complexity index is 1040. The van der Waals surface area contributed by atoms with E-state index >= 15 is 0 Å². The van der Waals surface area contributed by atoms with Gasteiger partial charge in [-0.05, 0) is 51.7 Å². The summed E-state index contributed by atoms with van der Waals surface area (Å²) >= 11 is 7.79. The first-order valence-corrected chi connectivity index (χ1v) is 11.6. The molecule has 8 nitrogen and oxygen atoms in total. The van der Waals surface area contributed by atoms with E-state index in [1.54, 1.807) is 24.3 Å². The number of nitrogens with two attached hydrogens (primary N) is 1. The fourth-order valence-corrected chi connectivity index (χ4v) is 5.01. The molecule has 1 aliphatic heterocycles. The van der Waals surface area contributed by atoms with Gasteiger partial charge >= 0.3 is 5.97 Å². The molecule has 1 unspecified atom stereocenters. The number of aliphatic hydroxyl groups is 1. The predicted molar refractivity (Wildman–Crippen MR) is 118 cm³/mol. The van der Waals surface area contributed by atoms with Crippen molar-refractivity contribution in [2.75, 3.05) is 18.0 Å². The lowest BCUT2D eigenvalue weighted by Crippen LogP contribution is -2.26. The number of benzene rings is 2. The molecule has 31 heavy (non-hydrogen) atoms. The van der Waals surface area contributed by atoms with Crippen molar-refractivity contribution in [2.24, 2.45) is 5.73 Å². The van der Waals surface area contributed by atoms with Gasteiger partial charge in [-0.25, -0.2) is 17.7 Å². The van der Waals surface area contributed by atoms with Crippen LogP contribution in [0, 0.1) is 5.82 Å². The molecule has 3 rings (SSSR count). The predicted octanol–water partition coefficient (Wildman–Crippen LogP) is 3.63. The molecule has 2 aromatic rings. The van der Waals surface area contributed by atoms with Crippen molar-refractivity contribution in [3.05, 3.63) is 57.8 Å². The van der Waals surface area contributed by atoms with E-state index in [4.69, 9.17) is 22.7 Å². The number of fused-ring (bicyclic) bond motifs is 2. The summed E-state index contributed by atoms with van der Waals surface area (Å²) in [6.07, 6.45) is 1.48. The van der Waals surface area contributed by atoms with Gasteiger partial charge in [0.2, 0.25) is 0 Å². The van der Waals surface area contributed by atoms with E-state index in [9.17, 15) is 17.6 Å². The zero-order chi connectivity index (χ0) is 23.2. The molecule has 0 saturated carbocycles. The highest BCUT2D eigenvalue weighted by Gasteiger charge is 2.34. The molecule has 0 aromatic heterocycles. The molecule has 170 valence electrons. The lowest BCUT2D eigenvalue weighted by atomic mass is 9.98.